The van der Waals surface area contributed by atoms with Crippen LogP contribution in [0.4, 0.5) is 17.6 Å². The van der Waals surface area contributed by atoms with Crippen LogP contribution in [0.5, 0.6) is 5.75 Å². The molecule has 4 rings (SSSR count). The first-order valence-corrected chi connectivity index (χ1v) is 10.1. The molecule has 0 radical (unpaired) electrons. The first-order chi connectivity index (χ1) is 15.3. The van der Waals surface area contributed by atoms with E-state index >= 15 is 0 Å². The summed E-state index contributed by atoms with van der Waals surface area (Å²) in [4.78, 5) is 14.7. The number of ether oxygens (including phenoxy) is 1. The van der Waals surface area contributed by atoms with Crippen LogP contribution in [0.3, 0.4) is 0 Å². The van der Waals surface area contributed by atoms with E-state index in [9.17, 15) is 22.4 Å². The van der Waals surface area contributed by atoms with E-state index in [-0.39, 0.29) is 17.9 Å². The highest BCUT2D eigenvalue weighted by molar-refractivity contribution is 5.95. The summed E-state index contributed by atoms with van der Waals surface area (Å²) >= 11 is 0. The molecule has 1 atom stereocenters. The topological polar surface area (TPSA) is 47.4 Å². The van der Waals surface area contributed by atoms with Gasteiger partial charge in [0, 0.05) is 42.4 Å². The van der Waals surface area contributed by atoms with Gasteiger partial charge in [0.1, 0.15) is 36.5 Å². The van der Waals surface area contributed by atoms with Crippen molar-refractivity contribution in [3.05, 3.63) is 70.7 Å². The van der Waals surface area contributed by atoms with Crippen molar-refractivity contribution in [3.63, 3.8) is 0 Å². The van der Waals surface area contributed by atoms with Gasteiger partial charge in [-0.25, -0.2) is 17.6 Å². The summed E-state index contributed by atoms with van der Waals surface area (Å²) in [6, 6.07) is 6.41. The van der Waals surface area contributed by atoms with Crippen LogP contribution in [0, 0.1) is 17.5 Å². The second-order valence-electron chi connectivity index (χ2n) is 7.63. The van der Waals surface area contributed by atoms with E-state index in [0.717, 1.165) is 23.8 Å². The first-order valence-electron chi connectivity index (χ1n) is 10.1. The van der Waals surface area contributed by atoms with Gasteiger partial charge in [-0.3, -0.25) is 9.48 Å². The summed E-state index contributed by atoms with van der Waals surface area (Å²) in [6.45, 7) is 1.13. The summed E-state index contributed by atoms with van der Waals surface area (Å²) in [6.07, 6.45) is 0.410. The second kappa shape index (κ2) is 8.64. The van der Waals surface area contributed by atoms with Crippen molar-refractivity contribution in [3.8, 4) is 17.0 Å². The molecule has 1 unspecified atom stereocenters. The largest absolute Gasteiger partial charge is 0.491 e. The third-order valence-electron chi connectivity index (χ3n) is 5.50. The van der Waals surface area contributed by atoms with Gasteiger partial charge in [0.25, 0.3) is 5.91 Å². The monoisotopic (exact) mass is 447 g/mol. The minimum atomic E-state index is -0.733. The number of amides is 1. The Morgan fingerprint density at radius 3 is 2.47 bits per heavy atom. The number of carbonyl (C=O) groups is 1. The lowest BCUT2D eigenvalue weighted by molar-refractivity contribution is 0.0672. The number of halogens is 4. The molecule has 0 aliphatic carbocycles. The molecule has 0 N–H and O–H groups in total. The molecule has 32 heavy (non-hydrogen) atoms. The van der Waals surface area contributed by atoms with E-state index < -0.39 is 36.1 Å². The molecule has 0 fully saturated rings. The van der Waals surface area contributed by atoms with Gasteiger partial charge < -0.3 is 9.64 Å². The number of hydrogen-bond donors (Lipinski definition) is 0. The number of fused-ring (bicyclic) bond motifs is 1. The maximum atomic E-state index is 14.0. The quantitative estimate of drug-likeness (QED) is 0.537. The maximum Gasteiger partial charge on any atom is 0.254 e. The Morgan fingerprint density at radius 2 is 1.78 bits per heavy atom. The number of aromatic nitrogens is 2. The van der Waals surface area contributed by atoms with Crippen molar-refractivity contribution in [1.82, 2.24) is 14.7 Å². The summed E-state index contributed by atoms with van der Waals surface area (Å²) < 4.78 is 60.6. The van der Waals surface area contributed by atoms with Crippen LogP contribution >= 0.6 is 0 Å². The van der Waals surface area contributed by atoms with Gasteiger partial charge in [0.15, 0.2) is 0 Å². The average molecular weight is 447 g/mol. The predicted octanol–water partition coefficient (Wildman–Crippen LogP) is 4.61. The molecule has 5 nitrogen and oxygen atoms in total. The molecule has 168 valence electrons. The predicted molar refractivity (Wildman–Crippen MR) is 110 cm³/mol. The summed E-state index contributed by atoms with van der Waals surface area (Å²) in [5.74, 6) is -2.38. The molecular formula is C23H21F4N3O2. The Hall–Kier alpha value is -3.36. The Labute approximate surface area is 182 Å². The third kappa shape index (κ3) is 4.06. The van der Waals surface area contributed by atoms with Gasteiger partial charge >= 0.3 is 0 Å². The van der Waals surface area contributed by atoms with Crippen molar-refractivity contribution in [2.75, 3.05) is 19.8 Å². The van der Waals surface area contributed by atoms with E-state index in [1.165, 1.54) is 18.2 Å². The fourth-order valence-electron chi connectivity index (χ4n) is 4.17. The minimum Gasteiger partial charge on any atom is -0.491 e. The Bertz CT molecular complexity index is 1160. The zero-order chi connectivity index (χ0) is 23.0. The van der Waals surface area contributed by atoms with E-state index in [1.54, 1.807) is 23.6 Å². The fraction of sp³-hybridized carbons (Fsp3) is 0.304. The molecular weight excluding hydrogens is 426 g/mol. The third-order valence-corrected chi connectivity index (χ3v) is 5.50. The van der Waals surface area contributed by atoms with Crippen molar-refractivity contribution in [2.24, 2.45) is 7.05 Å². The van der Waals surface area contributed by atoms with Crippen molar-refractivity contribution in [1.29, 1.82) is 0 Å². The number of carbonyl (C=O) groups excluding carboxylic acids is 1. The van der Waals surface area contributed by atoms with E-state index in [0.29, 0.717) is 29.9 Å². The lowest BCUT2D eigenvalue weighted by Crippen LogP contribution is -2.39. The van der Waals surface area contributed by atoms with Crippen LogP contribution in [-0.2, 0) is 13.5 Å². The Morgan fingerprint density at radius 1 is 1.09 bits per heavy atom. The standard InChI is InChI=1S/C23H21F4N3O2/c1-13-21-20(22(29(2)28-21)14-7-16(25)11-17(26)8-14)3-5-30(13)23(31)15-9-18(27)12-19(10-15)32-6-4-24/h7-13H,3-6H2,1-2H3. The van der Waals surface area contributed by atoms with E-state index in [2.05, 4.69) is 5.10 Å². The normalized spacial score (nSPS) is 15.6. The fourth-order valence-corrected chi connectivity index (χ4v) is 4.17. The molecule has 2 heterocycles. The van der Waals surface area contributed by atoms with Crippen molar-refractivity contribution in [2.45, 2.75) is 19.4 Å². The number of rotatable bonds is 5. The smallest absolute Gasteiger partial charge is 0.254 e. The Balaban J connectivity index is 1.66. The number of nitrogens with zero attached hydrogens (tertiary/aromatic N) is 3. The van der Waals surface area contributed by atoms with Gasteiger partial charge in [-0.1, -0.05) is 0 Å². The molecule has 0 bridgehead atoms. The lowest BCUT2D eigenvalue weighted by atomic mass is 9.95. The van der Waals surface area contributed by atoms with E-state index in [1.807, 2.05) is 0 Å². The van der Waals surface area contributed by atoms with Gasteiger partial charge in [-0.15, -0.1) is 0 Å². The zero-order valence-corrected chi connectivity index (χ0v) is 17.5. The van der Waals surface area contributed by atoms with Gasteiger partial charge in [-0.2, -0.15) is 5.10 Å². The first kappa shape index (κ1) is 21.9. The molecule has 9 heteroatoms. The molecule has 0 saturated carbocycles. The maximum absolute atomic E-state index is 14.0. The molecule has 0 spiro atoms. The SMILES string of the molecule is CC1c2nn(C)c(-c3cc(F)cc(F)c3)c2CCN1C(=O)c1cc(F)cc(OCCF)c1. The number of alkyl halides is 1. The van der Waals surface area contributed by atoms with Crippen molar-refractivity contribution < 1.29 is 27.1 Å². The average Bonchev–Trinajstić information content (AvgIpc) is 3.08. The highest BCUT2D eigenvalue weighted by atomic mass is 19.1. The van der Waals surface area contributed by atoms with Crippen LogP contribution in [0.2, 0.25) is 0 Å². The second-order valence-corrected chi connectivity index (χ2v) is 7.63. The van der Waals surface area contributed by atoms with Gasteiger partial charge in [0.2, 0.25) is 0 Å². The van der Waals surface area contributed by atoms with Crippen LogP contribution < -0.4 is 4.74 Å². The zero-order valence-electron chi connectivity index (χ0n) is 17.5. The summed E-state index contributed by atoms with van der Waals surface area (Å²) in [5, 5.41) is 4.51. The van der Waals surface area contributed by atoms with Crippen LogP contribution in [0.25, 0.3) is 11.3 Å². The van der Waals surface area contributed by atoms with Crippen LogP contribution in [0.1, 0.15) is 34.6 Å². The van der Waals surface area contributed by atoms with Crippen molar-refractivity contribution >= 4 is 5.91 Å². The van der Waals surface area contributed by atoms with E-state index in [4.69, 9.17) is 4.74 Å². The molecule has 1 aliphatic rings. The van der Waals surface area contributed by atoms with Gasteiger partial charge in [0.05, 0.1) is 17.4 Å². The Kier molecular flexibility index (Phi) is 5.90. The van der Waals surface area contributed by atoms with Crippen LogP contribution in [-0.4, -0.2) is 40.4 Å². The van der Waals surface area contributed by atoms with Crippen LogP contribution in [0.15, 0.2) is 36.4 Å². The highest BCUT2D eigenvalue weighted by Crippen LogP contribution is 2.36. The number of aryl methyl sites for hydroxylation is 1. The molecule has 2 aromatic carbocycles. The highest BCUT2D eigenvalue weighted by Gasteiger charge is 2.33. The number of benzene rings is 2. The summed E-state index contributed by atoms with van der Waals surface area (Å²) in [5.41, 5.74) is 2.45. The summed E-state index contributed by atoms with van der Waals surface area (Å²) in [7, 11) is 1.68. The molecule has 1 aliphatic heterocycles. The molecule has 0 saturated heterocycles. The molecule has 1 aromatic heterocycles. The number of hydrogen-bond acceptors (Lipinski definition) is 3. The molecule has 1 amide bonds. The lowest BCUT2D eigenvalue weighted by Gasteiger charge is -2.33. The minimum absolute atomic E-state index is 0.0737. The van der Waals surface area contributed by atoms with Gasteiger partial charge in [-0.05, 0) is 37.6 Å². The molecule has 3 aromatic rings.